The molecular weight excluding hydrogens is 454 g/mol. The summed E-state index contributed by atoms with van der Waals surface area (Å²) in [5.41, 5.74) is -0.716. The minimum Gasteiger partial charge on any atom is -0.452 e. The minimum atomic E-state index is -4.54. The normalized spacial score (nSPS) is 11.0. The van der Waals surface area contributed by atoms with E-state index in [9.17, 15) is 27.2 Å². The van der Waals surface area contributed by atoms with Crippen LogP contribution in [0, 0.1) is 5.82 Å². The van der Waals surface area contributed by atoms with Gasteiger partial charge in [0, 0.05) is 17.6 Å². The molecule has 0 aliphatic carbocycles. The molecule has 0 fully saturated rings. The van der Waals surface area contributed by atoms with Gasteiger partial charge in [-0.1, -0.05) is 17.7 Å². The maximum atomic E-state index is 13.2. The van der Waals surface area contributed by atoms with E-state index in [0.29, 0.717) is 0 Å². The second-order valence-corrected chi connectivity index (χ2v) is 6.76. The molecule has 1 heterocycles. The Bertz CT molecular complexity index is 1160. The maximum absolute atomic E-state index is 13.2. The number of pyridine rings is 1. The molecule has 3 aromatic rings. The zero-order valence-corrected chi connectivity index (χ0v) is 16.8. The number of hydrogen-bond donors (Lipinski definition) is 2. The Balaban J connectivity index is 1.66. The molecule has 6 nitrogen and oxygen atoms in total. The number of benzene rings is 2. The number of halogens is 5. The van der Waals surface area contributed by atoms with Crippen molar-refractivity contribution in [1.82, 2.24) is 4.98 Å². The molecule has 1 aromatic heterocycles. The Morgan fingerprint density at radius 1 is 1.03 bits per heavy atom. The molecule has 0 bridgehead atoms. The van der Waals surface area contributed by atoms with Crippen molar-refractivity contribution in [2.75, 3.05) is 17.2 Å². The molecule has 0 unspecified atom stereocenters. The van der Waals surface area contributed by atoms with Crippen molar-refractivity contribution >= 4 is 40.7 Å². The van der Waals surface area contributed by atoms with Crippen LogP contribution in [-0.2, 0) is 15.7 Å². The fraction of sp³-hybridized carbons (Fsp3) is 0.0952. The molecule has 1 amide bonds. The Hall–Kier alpha value is -3.66. The third-order valence-electron chi connectivity index (χ3n) is 4.02. The van der Waals surface area contributed by atoms with Gasteiger partial charge in [0.05, 0.1) is 10.6 Å². The predicted octanol–water partition coefficient (Wildman–Crippen LogP) is 5.43. The van der Waals surface area contributed by atoms with Crippen LogP contribution < -0.4 is 10.6 Å². The smallest absolute Gasteiger partial charge is 0.416 e. The fourth-order valence-corrected chi connectivity index (χ4v) is 2.74. The third-order valence-corrected chi connectivity index (χ3v) is 4.31. The van der Waals surface area contributed by atoms with Gasteiger partial charge in [-0.25, -0.2) is 14.2 Å². The van der Waals surface area contributed by atoms with E-state index in [1.807, 2.05) is 0 Å². The molecule has 0 atom stereocenters. The van der Waals surface area contributed by atoms with Crippen molar-refractivity contribution in [3.63, 3.8) is 0 Å². The Labute approximate surface area is 184 Å². The summed E-state index contributed by atoms with van der Waals surface area (Å²) in [4.78, 5) is 28.3. The number of esters is 1. The predicted molar refractivity (Wildman–Crippen MR) is 109 cm³/mol. The summed E-state index contributed by atoms with van der Waals surface area (Å²) in [6.07, 6.45) is -3.20. The monoisotopic (exact) mass is 467 g/mol. The first-order valence-corrected chi connectivity index (χ1v) is 9.32. The third kappa shape index (κ3) is 5.94. The summed E-state index contributed by atoms with van der Waals surface area (Å²) >= 11 is 5.64. The van der Waals surface area contributed by atoms with Crippen molar-refractivity contribution in [3.8, 4) is 0 Å². The van der Waals surface area contributed by atoms with Gasteiger partial charge in [-0.3, -0.25) is 4.79 Å². The molecule has 0 radical (unpaired) electrons. The lowest BCUT2D eigenvalue weighted by Crippen LogP contribution is -2.21. The van der Waals surface area contributed by atoms with Crippen LogP contribution in [0.4, 0.5) is 34.8 Å². The second-order valence-electron chi connectivity index (χ2n) is 6.36. The zero-order chi connectivity index (χ0) is 23.3. The molecule has 2 aromatic carbocycles. The summed E-state index contributed by atoms with van der Waals surface area (Å²) in [5, 5.41) is 4.83. The van der Waals surface area contributed by atoms with Gasteiger partial charge in [0.1, 0.15) is 17.2 Å². The van der Waals surface area contributed by atoms with Crippen molar-refractivity contribution in [2.24, 2.45) is 0 Å². The Kier molecular flexibility index (Phi) is 6.94. The van der Waals surface area contributed by atoms with Crippen LogP contribution in [0.1, 0.15) is 15.9 Å². The lowest BCUT2D eigenvalue weighted by Gasteiger charge is -2.13. The number of nitrogens with one attached hydrogen (secondary N) is 2. The van der Waals surface area contributed by atoms with Crippen LogP contribution in [0.2, 0.25) is 5.02 Å². The number of nitrogens with zero attached hydrogens (tertiary/aromatic N) is 1. The summed E-state index contributed by atoms with van der Waals surface area (Å²) in [7, 11) is 0. The van der Waals surface area contributed by atoms with Crippen LogP contribution in [-0.4, -0.2) is 23.5 Å². The number of ether oxygens (including phenoxy) is 1. The van der Waals surface area contributed by atoms with Crippen molar-refractivity contribution in [1.29, 1.82) is 0 Å². The number of hydrogen-bond acceptors (Lipinski definition) is 5. The number of amides is 1. The van der Waals surface area contributed by atoms with Crippen LogP contribution >= 0.6 is 11.6 Å². The number of rotatable bonds is 6. The Morgan fingerprint density at radius 3 is 2.53 bits per heavy atom. The molecule has 0 aliphatic heterocycles. The summed E-state index contributed by atoms with van der Waals surface area (Å²) in [6, 6.07) is 10.6. The number of alkyl halides is 3. The van der Waals surface area contributed by atoms with Gasteiger partial charge in [-0.2, -0.15) is 13.2 Å². The molecule has 0 saturated heterocycles. The molecule has 3 rings (SSSR count). The van der Waals surface area contributed by atoms with E-state index in [4.69, 9.17) is 16.3 Å². The van der Waals surface area contributed by atoms with Crippen LogP contribution in [0.25, 0.3) is 0 Å². The molecule has 0 spiro atoms. The minimum absolute atomic E-state index is 0.0532. The van der Waals surface area contributed by atoms with Gasteiger partial charge in [0.2, 0.25) is 0 Å². The second kappa shape index (κ2) is 9.65. The largest absolute Gasteiger partial charge is 0.452 e. The summed E-state index contributed by atoms with van der Waals surface area (Å²) in [6.45, 7) is -0.675. The van der Waals surface area contributed by atoms with E-state index >= 15 is 0 Å². The van der Waals surface area contributed by atoms with E-state index in [2.05, 4.69) is 15.6 Å². The van der Waals surface area contributed by atoms with Crippen molar-refractivity contribution < 1.29 is 31.9 Å². The summed E-state index contributed by atoms with van der Waals surface area (Å²) < 4.78 is 56.8. The molecule has 11 heteroatoms. The van der Waals surface area contributed by atoms with E-state index in [1.54, 1.807) is 0 Å². The molecule has 32 heavy (non-hydrogen) atoms. The number of carbonyl (C=O) groups excluding carboxylic acids is 2. The maximum Gasteiger partial charge on any atom is 0.416 e. The van der Waals surface area contributed by atoms with Crippen molar-refractivity contribution in [3.05, 3.63) is 82.8 Å². The first kappa shape index (κ1) is 23.0. The van der Waals surface area contributed by atoms with Crippen LogP contribution in [0.5, 0.6) is 0 Å². The quantitative estimate of drug-likeness (QED) is 0.373. The van der Waals surface area contributed by atoms with E-state index < -0.39 is 36.0 Å². The molecular formula is C21H14ClF4N3O3. The number of carbonyl (C=O) groups is 2. The molecule has 2 N–H and O–H groups in total. The Morgan fingerprint density at radius 2 is 1.81 bits per heavy atom. The van der Waals surface area contributed by atoms with Gasteiger partial charge in [0.15, 0.2) is 6.61 Å². The van der Waals surface area contributed by atoms with Gasteiger partial charge in [-0.15, -0.1) is 0 Å². The first-order valence-electron chi connectivity index (χ1n) is 8.95. The highest BCUT2D eigenvalue weighted by molar-refractivity contribution is 6.31. The molecule has 166 valence electrons. The zero-order valence-electron chi connectivity index (χ0n) is 16.0. The highest BCUT2D eigenvalue weighted by Gasteiger charge is 2.30. The lowest BCUT2D eigenvalue weighted by molar-refractivity contribution is -0.137. The topological polar surface area (TPSA) is 80.3 Å². The summed E-state index contributed by atoms with van der Waals surface area (Å²) in [5.74, 6) is -2.35. The van der Waals surface area contributed by atoms with Crippen LogP contribution in [0.3, 0.4) is 0 Å². The van der Waals surface area contributed by atoms with Gasteiger partial charge in [0.25, 0.3) is 5.91 Å². The standard InChI is InChI=1S/C21H14ClF4N3O3/c22-16-10-14(6-7-17(16)23)28-18(30)11-32-20(31)15-5-2-8-27-19(15)29-13-4-1-3-12(9-13)21(24,25)26/h1-10H,11H2,(H,27,29)(H,28,30). The van der Waals surface area contributed by atoms with Crippen molar-refractivity contribution in [2.45, 2.75) is 6.18 Å². The fourth-order valence-electron chi connectivity index (χ4n) is 2.56. The van der Waals surface area contributed by atoms with E-state index in [-0.39, 0.29) is 27.8 Å². The average molecular weight is 468 g/mol. The number of aromatic nitrogens is 1. The van der Waals surface area contributed by atoms with Gasteiger partial charge < -0.3 is 15.4 Å². The highest BCUT2D eigenvalue weighted by Crippen LogP contribution is 2.31. The van der Waals surface area contributed by atoms with Gasteiger partial charge >= 0.3 is 12.1 Å². The van der Waals surface area contributed by atoms with Crippen LogP contribution in [0.15, 0.2) is 60.8 Å². The van der Waals surface area contributed by atoms with E-state index in [1.165, 1.54) is 42.6 Å². The average Bonchev–Trinajstić information content (AvgIpc) is 2.75. The lowest BCUT2D eigenvalue weighted by atomic mass is 10.2. The number of anilines is 3. The highest BCUT2D eigenvalue weighted by atomic mass is 35.5. The molecule has 0 aliphatic rings. The molecule has 0 saturated carbocycles. The first-order chi connectivity index (χ1) is 15.1. The SMILES string of the molecule is O=C(COC(=O)c1cccnc1Nc1cccc(C(F)(F)F)c1)Nc1ccc(F)c(Cl)c1. The van der Waals surface area contributed by atoms with Gasteiger partial charge in [-0.05, 0) is 48.5 Å². The van der Waals surface area contributed by atoms with E-state index in [0.717, 1.165) is 18.2 Å².